The number of aromatic amines is 2. The van der Waals surface area contributed by atoms with Gasteiger partial charge < -0.3 is 9.72 Å². The van der Waals surface area contributed by atoms with Crippen molar-refractivity contribution in [3.8, 4) is 5.75 Å². The normalized spacial score (nSPS) is 14.7. The van der Waals surface area contributed by atoms with Crippen LogP contribution in [0.4, 0.5) is 8.78 Å². The molecule has 0 fully saturated rings. The standard InChI is InChI=1S/C15H15F2N3O2S/c16-14(17)22-12-4-2-1-3-9(12)7-20-6-5-11-10(8-20)13(21)19-15(23)18-11/h1-4,14H,5-8H2,(H2,18,19,21,23). The SMILES string of the molecule is O=c1[nH]c(=S)[nH]c2c1CN(Cc1ccccc1OC(F)F)CC2. The molecule has 1 aliphatic heterocycles. The van der Waals surface area contributed by atoms with E-state index in [9.17, 15) is 13.6 Å². The summed E-state index contributed by atoms with van der Waals surface area (Å²) >= 11 is 4.96. The summed E-state index contributed by atoms with van der Waals surface area (Å²) in [7, 11) is 0. The van der Waals surface area contributed by atoms with Crippen molar-refractivity contribution in [1.82, 2.24) is 14.9 Å². The van der Waals surface area contributed by atoms with Crippen molar-refractivity contribution >= 4 is 12.2 Å². The Labute approximate surface area is 135 Å². The van der Waals surface area contributed by atoms with E-state index in [1.807, 2.05) is 4.90 Å². The van der Waals surface area contributed by atoms with Gasteiger partial charge in [-0.1, -0.05) is 18.2 Å². The van der Waals surface area contributed by atoms with Gasteiger partial charge in [0.2, 0.25) is 0 Å². The molecule has 0 saturated carbocycles. The van der Waals surface area contributed by atoms with Crippen LogP contribution >= 0.6 is 12.2 Å². The lowest BCUT2D eigenvalue weighted by Gasteiger charge is -2.28. The van der Waals surface area contributed by atoms with E-state index in [0.29, 0.717) is 42.0 Å². The summed E-state index contributed by atoms with van der Waals surface area (Å²) in [6.07, 6.45) is 0.654. The average Bonchev–Trinajstić information content (AvgIpc) is 2.49. The summed E-state index contributed by atoms with van der Waals surface area (Å²) in [6, 6.07) is 6.69. The lowest BCUT2D eigenvalue weighted by Crippen LogP contribution is -2.35. The molecule has 0 atom stereocenters. The number of hydrogen-bond donors (Lipinski definition) is 2. The van der Waals surface area contributed by atoms with Crippen LogP contribution in [0.1, 0.15) is 16.8 Å². The maximum atomic E-state index is 12.5. The summed E-state index contributed by atoms with van der Waals surface area (Å²) in [5, 5.41) is 0. The van der Waals surface area contributed by atoms with Crippen molar-refractivity contribution in [3.63, 3.8) is 0 Å². The Morgan fingerprint density at radius 1 is 1.30 bits per heavy atom. The molecule has 0 aliphatic carbocycles. The lowest BCUT2D eigenvalue weighted by atomic mass is 10.1. The highest BCUT2D eigenvalue weighted by Gasteiger charge is 2.21. The highest BCUT2D eigenvalue weighted by molar-refractivity contribution is 7.71. The number of nitrogens with zero attached hydrogens (tertiary/aromatic N) is 1. The van der Waals surface area contributed by atoms with Gasteiger partial charge in [0.05, 0.1) is 5.56 Å². The molecule has 1 aromatic heterocycles. The Morgan fingerprint density at radius 3 is 2.87 bits per heavy atom. The minimum Gasteiger partial charge on any atom is -0.434 e. The molecule has 0 spiro atoms. The van der Waals surface area contributed by atoms with Crippen LogP contribution in [0.15, 0.2) is 29.1 Å². The molecule has 0 unspecified atom stereocenters. The fourth-order valence-corrected chi connectivity index (χ4v) is 2.95. The molecule has 0 bridgehead atoms. The fraction of sp³-hybridized carbons (Fsp3) is 0.333. The highest BCUT2D eigenvalue weighted by atomic mass is 32.1. The topological polar surface area (TPSA) is 61.1 Å². The monoisotopic (exact) mass is 339 g/mol. The Morgan fingerprint density at radius 2 is 2.09 bits per heavy atom. The highest BCUT2D eigenvalue weighted by Crippen LogP contribution is 2.24. The summed E-state index contributed by atoms with van der Waals surface area (Å²) in [4.78, 5) is 19.6. The number of rotatable bonds is 4. The second kappa shape index (κ2) is 6.59. The lowest BCUT2D eigenvalue weighted by molar-refractivity contribution is -0.0508. The van der Waals surface area contributed by atoms with Crippen LogP contribution in [0.5, 0.6) is 5.75 Å². The van der Waals surface area contributed by atoms with Gasteiger partial charge in [0, 0.05) is 37.3 Å². The Bertz CT molecular complexity index is 819. The van der Waals surface area contributed by atoms with E-state index in [4.69, 9.17) is 12.2 Å². The van der Waals surface area contributed by atoms with Crippen molar-refractivity contribution < 1.29 is 13.5 Å². The largest absolute Gasteiger partial charge is 0.434 e. The van der Waals surface area contributed by atoms with E-state index >= 15 is 0 Å². The molecule has 0 saturated heterocycles. The van der Waals surface area contributed by atoms with Gasteiger partial charge in [-0.05, 0) is 18.3 Å². The number of halogens is 2. The van der Waals surface area contributed by atoms with Gasteiger partial charge in [0.25, 0.3) is 5.56 Å². The number of H-pyrrole nitrogens is 2. The van der Waals surface area contributed by atoms with Gasteiger partial charge >= 0.3 is 6.61 Å². The number of para-hydroxylation sites is 1. The maximum Gasteiger partial charge on any atom is 0.387 e. The maximum absolute atomic E-state index is 12.5. The Kier molecular flexibility index (Phi) is 4.53. The van der Waals surface area contributed by atoms with Crippen molar-refractivity contribution in [2.75, 3.05) is 6.54 Å². The van der Waals surface area contributed by atoms with Crippen LogP contribution in [0, 0.1) is 4.77 Å². The van der Waals surface area contributed by atoms with E-state index in [0.717, 1.165) is 5.69 Å². The molecule has 23 heavy (non-hydrogen) atoms. The zero-order chi connectivity index (χ0) is 16.4. The van der Waals surface area contributed by atoms with Gasteiger partial charge in [-0.2, -0.15) is 8.78 Å². The van der Waals surface area contributed by atoms with Gasteiger partial charge in [0.1, 0.15) is 5.75 Å². The molecule has 2 N–H and O–H groups in total. The molecule has 1 aromatic carbocycles. The fourth-order valence-electron chi connectivity index (χ4n) is 2.73. The molecular weight excluding hydrogens is 324 g/mol. The van der Waals surface area contributed by atoms with Crippen molar-refractivity contribution in [3.05, 3.63) is 56.2 Å². The van der Waals surface area contributed by atoms with Crippen LogP contribution in [-0.2, 0) is 19.5 Å². The predicted octanol–water partition coefficient (Wildman–Crippen LogP) is 2.59. The van der Waals surface area contributed by atoms with E-state index in [1.165, 1.54) is 6.07 Å². The average molecular weight is 339 g/mol. The molecule has 0 radical (unpaired) electrons. The zero-order valence-corrected chi connectivity index (χ0v) is 13.0. The first-order valence-corrected chi connectivity index (χ1v) is 7.53. The van der Waals surface area contributed by atoms with Crippen LogP contribution in [0.25, 0.3) is 0 Å². The van der Waals surface area contributed by atoms with E-state index in [1.54, 1.807) is 18.2 Å². The molecular formula is C15H15F2N3O2S. The van der Waals surface area contributed by atoms with Gasteiger partial charge in [-0.25, -0.2) is 0 Å². The van der Waals surface area contributed by atoms with E-state index in [-0.39, 0.29) is 11.3 Å². The molecule has 0 amide bonds. The van der Waals surface area contributed by atoms with Crippen molar-refractivity contribution in [2.24, 2.45) is 0 Å². The second-order valence-electron chi connectivity index (χ2n) is 5.31. The van der Waals surface area contributed by atoms with E-state index in [2.05, 4.69) is 14.7 Å². The van der Waals surface area contributed by atoms with Crippen LogP contribution in [0.3, 0.4) is 0 Å². The smallest absolute Gasteiger partial charge is 0.387 e. The van der Waals surface area contributed by atoms with Gasteiger partial charge in [-0.3, -0.25) is 14.7 Å². The molecule has 3 rings (SSSR count). The quantitative estimate of drug-likeness (QED) is 0.841. The second-order valence-corrected chi connectivity index (χ2v) is 5.72. The zero-order valence-electron chi connectivity index (χ0n) is 12.1. The first-order chi connectivity index (χ1) is 11.0. The number of hydrogen-bond acceptors (Lipinski definition) is 4. The third-order valence-electron chi connectivity index (χ3n) is 3.77. The van der Waals surface area contributed by atoms with Crippen molar-refractivity contribution in [1.29, 1.82) is 0 Å². The van der Waals surface area contributed by atoms with Crippen molar-refractivity contribution in [2.45, 2.75) is 26.1 Å². The number of benzene rings is 1. The number of fused-ring (bicyclic) bond motifs is 1. The number of alkyl halides is 2. The van der Waals surface area contributed by atoms with Gasteiger partial charge in [0.15, 0.2) is 4.77 Å². The minimum atomic E-state index is -2.86. The molecule has 5 nitrogen and oxygen atoms in total. The van der Waals surface area contributed by atoms with Gasteiger partial charge in [-0.15, -0.1) is 0 Å². The minimum absolute atomic E-state index is 0.162. The van der Waals surface area contributed by atoms with Crippen LogP contribution in [-0.4, -0.2) is 28.0 Å². The Hall–Kier alpha value is -2.06. The number of nitrogens with one attached hydrogen (secondary N) is 2. The molecule has 122 valence electrons. The van der Waals surface area contributed by atoms with Crippen LogP contribution in [0.2, 0.25) is 0 Å². The van der Waals surface area contributed by atoms with E-state index < -0.39 is 6.61 Å². The first-order valence-electron chi connectivity index (χ1n) is 7.12. The third kappa shape index (κ3) is 3.65. The summed E-state index contributed by atoms with van der Waals surface area (Å²) in [5.74, 6) is 0.162. The number of aromatic nitrogens is 2. The summed E-state index contributed by atoms with van der Waals surface area (Å²) in [6.45, 7) is -1.30. The molecule has 2 heterocycles. The summed E-state index contributed by atoms with van der Waals surface area (Å²) in [5.41, 5.74) is 1.94. The summed E-state index contributed by atoms with van der Waals surface area (Å²) < 4.78 is 29.8. The molecule has 2 aromatic rings. The third-order valence-corrected chi connectivity index (χ3v) is 3.98. The molecule has 8 heteroatoms. The molecule has 1 aliphatic rings. The first kappa shape index (κ1) is 15.8. The number of ether oxygens (including phenoxy) is 1. The predicted molar refractivity (Wildman–Crippen MR) is 83.1 cm³/mol. The Balaban J connectivity index is 1.80. The van der Waals surface area contributed by atoms with Crippen LogP contribution < -0.4 is 10.3 Å².